The van der Waals surface area contributed by atoms with Crippen molar-refractivity contribution in [3.63, 3.8) is 0 Å². The molecule has 2 amide bonds. The molecule has 2 aliphatic rings. The molecule has 2 aromatic carbocycles. The first kappa shape index (κ1) is 23.0. The fraction of sp³-hybridized carbons (Fsp3) is 0.208. The number of benzene rings is 2. The molecule has 2 aliphatic heterocycles. The third kappa shape index (κ3) is 3.74. The number of aryl methyl sites for hydroxylation is 1. The molecule has 2 N–H and O–H groups in total. The van der Waals surface area contributed by atoms with Crippen LogP contribution in [0.15, 0.2) is 41.3 Å². The highest BCUT2D eigenvalue weighted by Crippen LogP contribution is 2.37. The van der Waals surface area contributed by atoms with Gasteiger partial charge in [0.15, 0.2) is 11.4 Å². The van der Waals surface area contributed by atoms with E-state index in [0.717, 1.165) is 17.7 Å². The van der Waals surface area contributed by atoms with Crippen LogP contribution < -0.4 is 15.6 Å². The molecule has 0 saturated carbocycles. The largest absolute Gasteiger partial charge is 0.503 e. The molecular formula is C24H17ClF3N3O4. The minimum atomic E-state index is -1.08. The van der Waals surface area contributed by atoms with Crippen LogP contribution in [0, 0.1) is 17.5 Å². The van der Waals surface area contributed by atoms with Gasteiger partial charge in [-0.15, -0.1) is 0 Å². The molecule has 0 spiro atoms. The summed E-state index contributed by atoms with van der Waals surface area (Å²) in [5.41, 5.74) is -0.816. The van der Waals surface area contributed by atoms with Gasteiger partial charge in [-0.3, -0.25) is 14.4 Å². The van der Waals surface area contributed by atoms with Crippen LogP contribution in [-0.2, 0) is 13.0 Å². The average Bonchev–Trinajstić information content (AvgIpc) is 3.00. The van der Waals surface area contributed by atoms with Crippen LogP contribution in [0.5, 0.6) is 5.75 Å². The molecule has 0 saturated heterocycles. The van der Waals surface area contributed by atoms with Gasteiger partial charge in [0.1, 0.15) is 28.0 Å². The second kappa shape index (κ2) is 8.46. The van der Waals surface area contributed by atoms with E-state index in [1.54, 1.807) is 6.07 Å². The van der Waals surface area contributed by atoms with Crippen LogP contribution in [0.2, 0.25) is 5.02 Å². The van der Waals surface area contributed by atoms with E-state index < -0.39 is 63.6 Å². The number of rotatable bonds is 3. The number of pyridine rings is 1. The summed E-state index contributed by atoms with van der Waals surface area (Å²) in [7, 11) is 0. The van der Waals surface area contributed by atoms with Gasteiger partial charge in [-0.05, 0) is 36.6 Å². The van der Waals surface area contributed by atoms with Gasteiger partial charge in [-0.25, -0.2) is 13.2 Å². The van der Waals surface area contributed by atoms with Crippen molar-refractivity contribution < 1.29 is 27.9 Å². The normalized spacial score (nSPS) is 16.4. The lowest BCUT2D eigenvalue weighted by molar-refractivity contribution is 0.0929. The number of hydrogen-bond acceptors (Lipinski definition) is 4. The van der Waals surface area contributed by atoms with Crippen LogP contribution in [-0.4, -0.2) is 28.0 Å². The Kier molecular flexibility index (Phi) is 5.55. The Bertz CT molecular complexity index is 1470. The summed E-state index contributed by atoms with van der Waals surface area (Å²) in [5, 5.41) is 12.3. The second-order valence-corrected chi connectivity index (χ2v) is 8.75. The van der Waals surface area contributed by atoms with Gasteiger partial charge in [0, 0.05) is 24.8 Å². The van der Waals surface area contributed by atoms with Gasteiger partial charge in [-0.2, -0.15) is 0 Å². The number of amides is 2. The van der Waals surface area contributed by atoms with E-state index in [1.807, 2.05) is 0 Å². The average molecular weight is 504 g/mol. The third-order valence-electron chi connectivity index (χ3n) is 6.33. The summed E-state index contributed by atoms with van der Waals surface area (Å²) in [4.78, 5) is 40.1. The lowest BCUT2D eigenvalue weighted by Gasteiger charge is -2.35. The summed E-state index contributed by atoms with van der Waals surface area (Å²) < 4.78 is 42.8. The van der Waals surface area contributed by atoms with Crippen molar-refractivity contribution >= 4 is 29.1 Å². The summed E-state index contributed by atoms with van der Waals surface area (Å²) in [6.07, 6.45) is 2.19. The first-order valence-corrected chi connectivity index (χ1v) is 11.0. The zero-order valence-electron chi connectivity index (χ0n) is 17.9. The predicted octanol–water partition coefficient (Wildman–Crippen LogP) is 3.70. The number of carbonyl (C=O) groups excluding carboxylic acids is 2. The molecule has 1 atom stereocenters. The first-order chi connectivity index (χ1) is 16.7. The minimum Gasteiger partial charge on any atom is -0.503 e. The van der Waals surface area contributed by atoms with Gasteiger partial charge in [0.25, 0.3) is 11.8 Å². The van der Waals surface area contributed by atoms with Crippen LogP contribution in [0.25, 0.3) is 0 Å². The lowest BCUT2D eigenvalue weighted by atomic mass is 10.0. The standard InChI is InChI=1S/C24H17ClF3N3O4/c25-18-16(27)6-3-12(19(18)28)8-29-23(34)15-10-30-14-5-2-11-1-4-13(26)7-17(11)31(9-14)24(35)20(30)22(33)21(15)32/h1,3-4,6-7,10,14,33H,2,5,8-9H2,(H,29,34). The third-order valence-corrected chi connectivity index (χ3v) is 6.68. The van der Waals surface area contributed by atoms with Crippen molar-refractivity contribution in [2.75, 3.05) is 11.4 Å². The molecule has 5 rings (SSSR count). The molecule has 0 fully saturated rings. The fourth-order valence-corrected chi connectivity index (χ4v) is 4.71. The highest BCUT2D eigenvalue weighted by atomic mass is 35.5. The van der Waals surface area contributed by atoms with Crippen molar-refractivity contribution in [1.29, 1.82) is 0 Å². The van der Waals surface area contributed by atoms with E-state index in [-0.39, 0.29) is 17.8 Å². The van der Waals surface area contributed by atoms with Gasteiger partial charge < -0.3 is 19.9 Å². The molecule has 1 unspecified atom stereocenters. The van der Waals surface area contributed by atoms with Gasteiger partial charge in [0.2, 0.25) is 5.43 Å². The van der Waals surface area contributed by atoms with Crippen molar-refractivity contribution in [3.05, 3.63) is 91.6 Å². The highest BCUT2D eigenvalue weighted by molar-refractivity contribution is 6.31. The maximum absolute atomic E-state index is 14.1. The molecule has 2 bridgehead atoms. The molecule has 180 valence electrons. The number of nitrogens with zero attached hydrogens (tertiary/aromatic N) is 2. The zero-order valence-corrected chi connectivity index (χ0v) is 18.7. The van der Waals surface area contributed by atoms with Crippen molar-refractivity contribution in [3.8, 4) is 5.75 Å². The number of fused-ring (bicyclic) bond motifs is 6. The monoisotopic (exact) mass is 503 g/mol. The van der Waals surface area contributed by atoms with Crippen LogP contribution >= 0.6 is 11.6 Å². The van der Waals surface area contributed by atoms with Crippen molar-refractivity contribution in [2.45, 2.75) is 25.4 Å². The molecule has 3 aromatic rings. The minimum absolute atomic E-state index is 0.105. The number of nitrogens with one attached hydrogen (secondary N) is 1. The molecular weight excluding hydrogens is 487 g/mol. The van der Waals surface area contributed by atoms with Crippen molar-refractivity contribution in [1.82, 2.24) is 9.88 Å². The number of carbonyl (C=O) groups is 2. The molecule has 7 nitrogen and oxygen atoms in total. The Morgan fingerprint density at radius 2 is 1.94 bits per heavy atom. The first-order valence-electron chi connectivity index (χ1n) is 10.7. The zero-order chi connectivity index (χ0) is 25.0. The van der Waals surface area contributed by atoms with E-state index >= 15 is 0 Å². The summed E-state index contributed by atoms with van der Waals surface area (Å²) in [5.74, 6) is -5.04. The Labute approximate surface area is 201 Å². The van der Waals surface area contributed by atoms with Crippen LogP contribution in [0.3, 0.4) is 0 Å². The van der Waals surface area contributed by atoms with E-state index in [1.165, 1.54) is 27.8 Å². The van der Waals surface area contributed by atoms with E-state index in [0.29, 0.717) is 18.5 Å². The Morgan fingerprint density at radius 3 is 2.71 bits per heavy atom. The second-order valence-electron chi connectivity index (χ2n) is 8.37. The topological polar surface area (TPSA) is 91.6 Å². The number of anilines is 1. The highest BCUT2D eigenvalue weighted by Gasteiger charge is 2.38. The van der Waals surface area contributed by atoms with E-state index in [4.69, 9.17) is 11.6 Å². The summed E-state index contributed by atoms with van der Waals surface area (Å²) >= 11 is 5.55. The van der Waals surface area contributed by atoms with Gasteiger partial charge in [0.05, 0.1) is 11.7 Å². The summed E-state index contributed by atoms with van der Waals surface area (Å²) in [6.45, 7) is -0.241. The fourth-order valence-electron chi connectivity index (χ4n) is 4.52. The molecule has 11 heteroatoms. The predicted molar refractivity (Wildman–Crippen MR) is 120 cm³/mol. The Hall–Kier alpha value is -3.79. The van der Waals surface area contributed by atoms with E-state index in [2.05, 4.69) is 5.32 Å². The quantitative estimate of drug-likeness (QED) is 0.533. The Balaban J connectivity index is 1.50. The van der Waals surface area contributed by atoms with Gasteiger partial charge in [-0.1, -0.05) is 23.7 Å². The number of aromatic nitrogens is 1. The molecule has 1 aromatic heterocycles. The maximum atomic E-state index is 14.1. The molecule has 0 aliphatic carbocycles. The van der Waals surface area contributed by atoms with Gasteiger partial charge >= 0.3 is 0 Å². The molecule has 0 radical (unpaired) electrons. The molecule has 35 heavy (non-hydrogen) atoms. The number of halogens is 4. The van der Waals surface area contributed by atoms with E-state index in [9.17, 15) is 32.7 Å². The smallest absolute Gasteiger partial charge is 0.279 e. The Morgan fingerprint density at radius 1 is 1.17 bits per heavy atom. The molecule has 3 heterocycles. The number of aromatic hydroxyl groups is 1. The van der Waals surface area contributed by atoms with Crippen molar-refractivity contribution in [2.24, 2.45) is 0 Å². The number of hydrogen-bond donors (Lipinski definition) is 2. The SMILES string of the molecule is O=C(NCc1ccc(F)c(Cl)c1F)c1cn2c(c(O)c1=O)C(=O)N1CC2CCc2ccc(F)cc21. The van der Waals surface area contributed by atoms with Crippen LogP contribution in [0.4, 0.5) is 18.9 Å². The summed E-state index contributed by atoms with van der Waals surface area (Å²) in [6, 6.07) is 5.78. The van der Waals surface area contributed by atoms with Crippen LogP contribution in [0.1, 0.15) is 44.4 Å². The lowest BCUT2D eigenvalue weighted by Crippen LogP contribution is -2.44. The maximum Gasteiger partial charge on any atom is 0.279 e.